The van der Waals surface area contributed by atoms with E-state index in [0.717, 1.165) is 5.69 Å². The highest BCUT2D eigenvalue weighted by molar-refractivity contribution is 7.88. The SMILES string of the molecule is CS(=O)(=O)N1CCN(c2ccnc(C#N)c2)CC1. The van der Waals surface area contributed by atoms with E-state index < -0.39 is 10.0 Å². The van der Waals surface area contributed by atoms with Crippen LogP contribution in [0.5, 0.6) is 0 Å². The van der Waals surface area contributed by atoms with Crippen molar-refractivity contribution in [2.75, 3.05) is 37.3 Å². The molecule has 2 heterocycles. The van der Waals surface area contributed by atoms with E-state index >= 15 is 0 Å². The maximum absolute atomic E-state index is 11.4. The molecule has 0 aromatic carbocycles. The molecule has 0 aliphatic carbocycles. The lowest BCUT2D eigenvalue weighted by Crippen LogP contribution is -2.48. The van der Waals surface area contributed by atoms with Crippen molar-refractivity contribution in [1.82, 2.24) is 9.29 Å². The summed E-state index contributed by atoms with van der Waals surface area (Å²) in [5.74, 6) is 0. The van der Waals surface area contributed by atoms with Gasteiger partial charge in [0.15, 0.2) is 0 Å². The summed E-state index contributed by atoms with van der Waals surface area (Å²) in [6.45, 7) is 2.20. The van der Waals surface area contributed by atoms with Crippen molar-refractivity contribution >= 4 is 15.7 Å². The maximum Gasteiger partial charge on any atom is 0.211 e. The van der Waals surface area contributed by atoms with Gasteiger partial charge in [0.1, 0.15) is 11.8 Å². The van der Waals surface area contributed by atoms with Crippen molar-refractivity contribution in [2.45, 2.75) is 0 Å². The summed E-state index contributed by atoms with van der Waals surface area (Å²) >= 11 is 0. The number of hydrogen-bond acceptors (Lipinski definition) is 5. The van der Waals surface area contributed by atoms with Crippen LogP contribution in [-0.4, -0.2) is 50.1 Å². The summed E-state index contributed by atoms with van der Waals surface area (Å²) < 4.78 is 24.2. The molecule has 18 heavy (non-hydrogen) atoms. The third-order valence-corrected chi connectivity index (χ3v) is 4.23. The molecular formula is C11H14N4O2S. The van der Waals surface area contributed by atoms with E-state index in [1.807, 2.05) is 12.1 Å². The van der Waals surface area contributed by atoms with Crippen LogP contribution in [0, 0.1) is 11.3 Å². The number of rotatable bonds is 2. The van der Waals surface area contributed by atoms with Gasteiger partial charge in [-0.05, 0) is 12.1 Å². The Kier molecular flexibility index (Phi) is 3.50. The minimum Gasteiger partial charge on any atom is -0.369 e. The number of hydrogen-bond donors (Lipinski definition) is 0. The molecule has 96 valence electrons. The van der Waals surface area contributed by atoms with Crippen LogP contribution < -0.4 is 4.90 Å². The lowest BCUT2D eigenvalue weighted by molar-refractivity contribution is 0.388. The lowest BCUT2D eigenvalue weighted by atomic mass is 10.2. The summed E-state index contributed by atoms with van der Waals surface area (Å²) in [7, 11) is -3.10. The summed E-state index contributed by atoms with van der Waals surface area (Å²) in [6, 6.07) is 5.54. The second kappa shape index (κ2) is 4.92. The second-order valence-electron chi connectivity index (χ2n) is 4.16. The largest absolute Gasteiger partial charge is 0.369 e. The number of anilines is 1. The van der Waals surface area contributed by atoms with Gasteiger partial charge in [-0.1, -0.05) is 0 Å². The predicted octanol–water partition coefficient (Wildman–Crippen LogP) is 0.0349. The van der Waals surface area contributed by atoms with Crippen molar-refractivity contribution < 1.29 is 8.42 Å². The minimum absolute atomic E-state index is 0.373. The van der Waals surface area contributed by atoms with Crippen LogP contribution in [0.3, 0.4) is 0 Å². The number of nitrogens with zero attached hydrogens (tertiary/aromatic N) is 4. The van der Waals surface area contributed by atoms with Crippen molar-refractivity contribution in [2.24, 2.45) is 0 Å². The monoisotopic (exact) mass is 266 g/mol. The molecule has 0 radical (unpaired) electrons. The van der Waals surface area contributed by atoms with Gasteiger partial charge in [-0.15, -0.1) is 0 Å². The third-order valence-electron chi connectivity index (χ3n) is 2.93. The van der Waals surface area contributed by atoms with Gasteiger partial charge in [0.2, 0.25) is 10.0 Å². The lowest BCUT2D eigenvalue weighted by Gasteiger charge is -2.34. The van der Waals surface area contributed by atoms with Gasteiger partial charge in [-0.25, -0.2) is 13.4 Å². The first-order valence-corrected chi connectivity index (χ1v) is 7.42. The van der Waals surface area contributed by atoms with E-state index in [4.69, 9.17) is 5.26 Å². The van der Waals surface area contributed by atoms with E-state index in [0.29, 0.717) is 31.9 Å². The second-order valence-corrected chi connectivity index (χ2v) is 6.14. The first-order chi connectivity index (χ1) is 8.50. The van der Waals surface area contributed by atoms with Crippen LogP contribution in [-0.2, 0) is 10.0 Å². The predicted molar refractivity (Wildman–Crippen MR) is 67.6 cm³/mol. The van der Waals surface area contributed by atoms with Crippen molar-refractivity contribution in [3.8, 4) is 6.07 Å². The molecule has 1 aromatic heterocycles. The molecule has 0 N–H and O–H groups in total. The Morgan fingerprint density at radius 2 is 2.00 bits per heavy atom. The number of piperazine rings is 1. The molecule has 1 saturated heterocycles. The molecule has 1 fully saturated rings. The summed E-state index contributed by atoms with van der Waals surface area (Å²) in [6.07, 6.45) is 2.82. The molecule has 1 aliphatic rings. The summed E-state index contributed by atoms with van der Waals surface area (Å²) in [5, 5.41) is 8.79. The van der Waals surface area contributed by atoms with Crippen molar-refractivity contribution in [3.63, 3.8) is 0 Å². The van der Waals surface area contributed by atoms with Gasteiger partial charge in [-0.2, -0.15) is 9.57 Å². The molecule has 0 atom stereocenters. The fraction of sp³-hybridized carbons (Fsp3) is 0.455. The molecule has 0 bridgehead atoms. The van der Waals surface area contributed by atoms with Crippen LogP contribution in [0.4, 0.5) is 5.69 Å². The average molecular weight is 266 g/mol. The van der Waals surface area contributed by atoms with E-state index in [1.165, 1.54) is 10.6 Å². The summed E-state index contributed by atoms with van der Waals surface area (Å²) in [4.78, 5) is 5.97. The molecule has 2 rings (SSSR count). The fourth-order valence-electron chi connectivity index (χ4n) is 1.96. The van der Waals surface area contributed by atoms with Crippen molar-refractivity contribution in [1.29, 1.82) is 5.26 Å². The van der Waals surface area contributed by atoms with Gasteiger partial charge in [0.05, 0.1) is 6.26 Å². The third kappa shape index (κ3) is 2.78. The Morgan fingerprint density at radius 3 is 2.56 bits per heavy atom. The first kappa shape index (κ1) is 12.8. The van der Waals surface area contributed by atoms with Crippen LogP contribution >= 0.6 is 0 Å². The number of aromatic nitrogens is 1. The van der Waals surface area contributed by atoms with Crippen LogP contribution in [0.1, 0.15) is 5.69 Å². The van der Waals surface area contributed by atoms with Crippen molar-refractivity contribution in [3.05, 3.63) is 24.0 Å². The normalized spacial score (nSPS) is 17.4. The molecule has 0 unspecified atom stereocenters. The van der Waals surface area contributed by atoms with Crippen LogP contribution in [0.15, 0.2) is 18.3 Å². The molecule has 1 aromatic rings. The average Bonchev–Trinajstić information content (AvgIpc) is 2.38. The Bertz CT molecular complexity index is 571. The highest BCUT2D eigenvalue weighted by Crippen LogP contribution is 2.17. The van der Waals surface area contributed by atoms with Gasteiger partial charge in [-0.3, -0.25) is 0 Å². The number of pyridine rings is 1. The topological polar surface area (TPSA) is 77.3 Å². The van der Waals surface area contributed by atoms with Gasteiger partial charge < -0.3 is 4.90 Å². The van der Waals surface area contributed by atoms with Gasteiger partial charge in [0, 0.05) is 38.1 Å². The van der Waals surface area contributed by atoms with E-state index in [-0.39, 0.29) is 0 Å². The Hall–Kier alpha value is -1.65. The van der Waals surface area contributed by atoms with E-state index in [1.54, 1.807) is 12.3 Å². The molecule has 7 heteroatoms. The standard InChI is InChI=1S/C11H14N4O2S/c1-18(16,17)15-6-4-14(5-7-15)11-2-3-13-10(8-11)9-12/h2-3,8H,4-7H2,1H3. The molecule has 0 spiro atoms. The zero-order valence-corrected chi connectivity index (χ0v) is 10.9. The first-order valence-electron chi connectivity index (χ1n) is 5.57. The Morgan fingerprint density at radius 1 is 1.33 bits per heavy atom. The zero-order valence-electron chi connectivity index (χ0n) is 10.1. The minimum atomic E-state index is -3.10. The smallest absolute Gasteiger partial charge is 0.211 e. The molecule has 0 saturated carbocycles. The summed E-state index contributed by atoms with van der Waals surface area (Å²) in [5.41, 5.74) is 1.28. The molecule has 6 nitrogen and oxygen atoms in total. The number of nitriles is 1. The highest BCUT2D eigenvalue weighted by atomic mass is 32.2. The van der Waals surface area contributed by atoms with Crippen LogP contribution in [0.25, 0.3) is 0 Å². The van der Waals surface area contributed by atoms with Gasteiger partial charge >= 0.3 is 0 Å². The number of sulfonamides is 1. The van der Waals surface area contributed by atoms with Crippen LogP contribution in [0.2, 0.25) is 0 Å². The van der Waals surface area contributed by atoms with E-state index in [9.17, 15) is 8.42 Å². The zero-order chi connectivity index (χ0) is 13.2. The van der Waals surface area contributed by atoms with E-state index in [2.05, 4.69) is 9.88 Å². The Balaban J connectivity index is 2.08. The fourth-order valence-corrected chi connectivity index (χ4v) is 2.78. The molecular weight excluding hydrogens is 252 g/mol. The Labute approximate surface area is 107 Å². The van der Waals surface area contributed by atoms with Gasteiger partial charge in [0.25, 0.3) is 0 Å². The molecule has 0 amide bonds. The highest BCUT2D eigenvalue weighted by Gasteiger charge is 2.23. The maximum atomic E-state index is 11.4. The quantitative estimate of drug-likeness (QED) is 0.755. The molecule has 1 aliphatic heterocycles.